The van der Waals surface area contributed by atoms with E-state index in [1.807, 2.05) is 30.3 Å². The molecule has 0 aliphatic carbocycles. The van der Waals surface area contributed by atoms with E-state index in [1.165, 1.54) is 26.4 Å². The van der Waals surface area contributed by atoms with Gasteiger partial charge in [0, 0.05) is 18.1 Å². The molecule has 6 heteroatoms. The van der Waals surface area contributed by atoms with Gasteiger partial charge in [0.25, 0.3) is 5.91 Å². The number of carbonyl (C=O) groups is 1. The van der Waals surface area contributed by atoms with Gasteiger partial charge in [-0.1, -0.05) is 18.2 Å². The van der Waals surface area contributed by atoms with Crippen molar-refractivity contribution in [3.63, 3.8) is 0 Å². The first kappa shape index (κ1) is 17.0. The lowest BCUT2D eigenvalue weighted by Gasteiger charge is -2.14. The fourth-order valence-electron chi connectivity index (χ4n) is 2.56. The van der Waals surface area contributed by atoms with Crippen LogP contribution in [-0.4, -0.2) is 26.7 Å². The number of hydrogen-bond acceptors (Lipinski definition) is 4. The number of halogens is 1. The van der Waals surface area contributed by atoms with E-state index in [-0.39, 0.29) is 17.9 Å². The number of rotatable bonds is 6. The van der Waals surface area contributed by atoms with Gasteiger partial charge in [-0.05, 0) is 30.3 Å². The molecule has 0 fully saturated rings. The molecule has 0 saturated heterocycles. The van der Waals surface area contributed by atoms with Crippen LogP contribution in [0, 0.1) is 5.82 Å². The van der Waals surface area contributed by atoms with Crippen molar-refractivity contribution in [2.75, 3.05) is 20.8 Å². The molecule has 2 aromatic carbocycles. The van der Waals surface area contributed by atoms with Gasteiger partial charge in [-0.25, -0.2) is 4.39 Å². The molecule has 3 rings (SSSR count). The second kappa shape index (κ2) is 7.36. The molecule has 0 aliphatic rings. The smallest absolute Gasteiger partial charge is 0.251 e. The number of nitrogens with one attached hydrogen (secondary N) is 1. The van der Waals surface area contributed by atoms with E-state index < -0.39 is 17.8 Å². The molecule has 1 amide bonds. The lowest BCUT2D eigenvalue weighted by molar-refractivity contribution is 0.0747. The summed E-state index contributed by atoms with van der Waals surface area (Å²) < 4.78 is 29.7. The molecule has 5 nitrogen and oxygen atoms in total. The average Bonchev–Trinajstić information content (AvgIpc) is 3.05. The maximum atomic E-state index is 13.7. The van der Waals surface area contributed by atoms with Crippen LogP contribution in [0.2, 0.25) is 0 Å². The summed E-state index contributed by atoms with van der Waals surface area (Å²) in [5.41, 5.74) is 0.959. The van der Waals surface area contributed by atoms with Crippen molar-refractivity contribution in [3.8, 4) is 5.75 Å². The number of methoxy groups -OCH3 is 2. The van der Waals surface area contributed by atoms with Crippen LogP contribution in [0.25, 0.3) is 11.0 Å². The van der Waals surface area contributed by atoms with Crippen molar-refractivity contribution in [2.24, 2.45) is 0 Å². The van der Waals surface area contributed by atoms with Crippen molar-refractivity contribution in [1.29, 1.82) is 0 Å². The van der Waals surface area contributed by atoms with Gasteiger partial charge in [0.1, 0.15) is 17.4 Å². The third kappa shape index (κ3) is 3.64. The Balaban J connectivity index is 1.70. The Kier molecular flexibility index (Phi) is 5.00. The molecule has 130 valence electrons. The fraction of sp³-hybridized carbons (Fsp3) is 0.211. The van der Waals surface area contributed by atoms with Gasteiger partial charge in [-0.2, -0.15) is 0 Å². The largest absolute Gasteiger partial charge is 0.494 e. The van der Waals surface area contributed by atoms with Crippen molar-refractivity contribution in [1.82, 2.24) is 5.32 Å². The highest BCUT2D eigenvalue weighted by Crippen LogP contribution is 2.25. The Hall–Kier alpha value is -2.86. The predicted octanol–water partition coefficient (Wildman–Crippen LogP) is 3.70. The molecule has 3 aromatic rings. The molecular weight excluding hydrogens is 325 g/mol. The zero-order valence-electron chi connectivity index (χ0n) is 13.9. The van der Waals surface area contributed by atoms with Gasteiger partial charge >= 0.3 is 0 Å². The maximum absolute atomic E-state index is 13.7. The average molecular weight is 343 g/mol. The summed E-state index contributed by atoms with van der Waals surface area (Å²) in [6.07, 6.45) is -0.445. The normalized spacial score (nSPS) is 12.1. The number of para-hydroxylation sites is 1. The van der Waals surface area contributed by atoms with E-state index >= 15 is 0 Å². The van der Waals surface area contributed by atoms with Crippen LogP contribution in [0.15, 0.2) is 52.9 Å². The number of benzene rings is 2. The summed E-state index contributed by atoms with van der Waals surface area (Å²) >= 11 is 0. The minimum atomic E-state index is -0.587. The summed E-state index contributed by atoms with van der Waals surface area (Å²) in [7, 11) is 2.91. The van der Waals surface area contributed by atoms with Crippen LogP contribution in [0.3, 0.4) is 0 Å². The summed E-state index contributed by atoms with van der Waals surface area (Å²) in [5, 5.41) is 3.69. The SMILES string of the molecule is COc1ccc(C(=O)NCC(OC)c2cc3ccccc3o2)cc1F. The second-order valence-corrected chi connectivity index (χ2v) is 5.47. The first-order valence-electron chi connectivity index (χ1n) is 7.75. The third-order valence-corrected chi connectivity index (χ3v) is 3.91. The minimum absolute atomic E-state index is 0.0913. The highest BCUT2D eigenvalue weighted by atomic mass is 19.1. The van der Waals surface area contributed by atoms with Crippen LogP contribution >= 0.6 is 0 Å². The van der Waals surface area contributed by atoms with E-state index in [1.54, 1.807) is 0 Å². The first-order valence-corrected chi connectivity index (χ1v) is 7.75. The van der Waals surface area contributed by atoms with Gasteiger partial charge < -0.3 is 19.2 Å². The summed E-state index contributed by atoms with van der Waals surface area (Å²) in [6, 6.07) is 13.5. The van der Waals surface area contributed by atoms with Crippen LogP contribution in [-0.2, 0) is 4.74 Å². The molecule has 0 saturated carbocycles. The molecule has 25 heavy (non-hydrogen) atoms. The van der Waals surface area contributed by atoms with Crippen molar-refractivity contribution in [3.05, 3.63) is 65.7 Å². The summed E-state index contributed by atoms with van der Waals surface area (Å²) in [5.74, 6) is -0.283. The first-order chi connectivity index (χ1) is 12.1. The Bertz CT molecular complexity index is 857. The van der Waals surface area contributed by atoms with Gasteiger partial charge in [0.2, 0.25) is 0 Å². The zero-order valence-corrected chi connectivity index (χ0v) is 13.9. The number of furan rings is 1. The summed E-state index contributed by atoms with van der Waals surface area (Å²) in [4.78, 5) is 12.2. The molecule has 1 unspecified atom stereocenters. The van der Waals surface area contributed by atoms with Crippen molar-refractivity contribution in [2.45, 2.75) is 6.10 Å². The number of ether oxygens (including phenoxy) is 2. The lowest BCUT2D eigenvalue weighted by Crippen LogP contribution is -2.29. The zero-order chi connectivity index (χ0) is 17.8. The molecule has 1 aromatic heterocycles. The molecule has 0 spiro atoms. The third-order valence-electron chi connectivity index (χ3n) is 3.91. The predicted molar refractivity (Wildman–Crippen MR) is 91.2 cm³/mol. The lowest BCUT2D eigenvalue weighted by atomic mass is 10.2. The highest BCUT2D eigenvalue weighted by Gasteiger charge is 2.18. The molecule has 0 bridgehead atoms. The minimum Gasteiger partial charge on any atom is -0.494 e. The Morgan fingerprint density at radius 2 is 2.00 bits per heavy atom. The maximum Gasteiger partial charge on any atom is 0.251 e. The van der Waals surface area contributed by atoms with E-state index in [2.05, 4.69) is 5.32 Å². The Morgan fingerprint density at radius 1 is 1.20 bits per heavy atom. The van der Waals surface area contributed by atoms with Gasteiger partial charge in [0.05, 0.1) is 13.7 Å². The summed E-state index contributed by atoms with van der Waals surface area (Å²) in [6.45, 7) is 0.197. The van der Waals surface area contributed by atoms with E-state index in [4.69, 9.17) is 13.9 Å². The quantitative estimate of drug-likeness (QED) is 0.741. The number of amides is 1. The second-order valence-electron chi connectivity index (χ2n) is 5.47. The molecular formula is C19H18FNO4. The standard InChI is InChI=1S/C19H18FNO4/c1-23-16-8-7-13(9-14(16)20)19(22)21-11-18(24-2)17-10-12-5-3-4-6-15(12)25-17/h3-10,18H,11H2,1-2H3,(H,21,22). The molecule has 1 N–H and O–H groups in total. The van der Waals surface area contributed by atoms with Gasteiger partial charge in [-0.15, -0.1) is 0 Å². The number of fused-ring (bicyclic) bond motifs is 1. The van der Waals surface area contributed by atoms with Crippen molar-refractivity contribution < 1.29 is 23.1 Å². The van der Waals surface area contributed by atoms with E-state index in [0.717, 1.165) is 17.0 Å². The fourth-order valence-corrected chi connectivity index (χ4v) is 2.56. The highest BCUT2D eigenvalue weighted by molar-refractivity contribution is 5.94. The van der Waals surface area contributed by atoms with E-state index in [9.17, 15) is 9.18 Å². The van der Waals surface area contributed by atoms with Gasteiger partial charge in [0.15, 0.2) is 11.6 Å². The van der Waals surface area contributed by atoms with Gasteiger partial charge in [-0.3, -0.25) is 4.79 Å². The molecule has 0 radical (unpaired) electrons. The number of hydrogen-bond donors (Lipinski definition) is 1. The molecule has 1 atom stereocenters. The van der Waals surface area contributed by atoms with E-state index in [0.29, 0.717) is 5.76 Å². The monoisotopic (exact) mass is 343 g/mol. The Labute approximate surface area is 144 Å². The van der Waals surface area contributed by atoms with Crippen LogP contribution in [0.4, 0.5) is 4.39 Å². The van der Waals surface area contributed by atoms with Crippen molar-refractivity contribution >= 4 is 16.9 Å². The van der Waals surface area contributed by atoms with Crippen LogP contribution < -0.4 is 10.1 Å². The molecule has 0 aliphatic heterocycles. The van der Waals surface area contributed by atoms with Crippen LogP contribution in [0.1, 0.15) is 22.2 Å². The molecule has 1 heterocycles. The Morgan fingerprint density at radius 3 is 2.68 bits per heavy atom. The number of carbonyl (C=O) groups excluding carboxylic acids is 1. The van der Waals surface area contributed by atoms with Crippen LogP contribution in [0.5, 0.6) is 5.75 Å². The topological polar surface area (TPSA) is 60.7 Å².